The summed E-state index contributed by atoms with van der Waals surface area (Å²) in [6.45, 7) is 3.10. The van der Waals surface area contributed by atoms with Crippen molar-refractivity contribution in [2.24, 2.45) is 5.73 Å². The van der Waals surface area contributed by atoms with E-state index in [2.05, 4.69) is 0 Å². The number of hydrogen-bond acceptors (Lipinski definition) is 2. The molecule has 2 rings (SSSR count). The van der Waals surface area contributed by atoms with Crippen molar-refractivity contribution in [1.29, 1.82) is 0 Å². The molecule has 1 aliphatic rings. The van der Waals surface area contributed by atoms with E-state index in [0.717, 1.165) is 18.4 Å². The van der Waals surface area contributed by atoms with Crippen molar-refractivity contribution in [1.82, 2.24) is 0 Å². The highest BCUT2D eigenvalue weighted by Gasteiger charge is 2.52. The van der Waals surface area contributed by atoms with E-state index in [-0.39, 0.29) is 11.7 Å². The molecule has 1 aromatic carbocycles. The fraction of sp³-hybridized carbons (Fsp3) is 0.538. The number of alkyl halides is 1. The molecule has 1 aromatic rings. The van der Waals surface area contributed by atoms with Crippen molar-refractivity contribution in [2.45, 2.75) is 43.8 Å². The highest BCUT2D eigenvalue weighted by atomic mass is 19.1. The summed E-state index contributed by atoms with van der Waals surface area (Å²) in [5, 5.41) is 9.45. The lowest BCUT2D eigenvalue weighted by Crippen LogP contribution is -2.41. The normalized spacial score (nSPS) is 20.5. The van der Waals surface area contributed by atoms with Gasteiger partial charge in [0.05, 0.1) is 0 Å². The number of aromatic hydroxyl groups is 1. The smallest absolute Gasteiger partial charge is 0.115 e. The Morgan fingerprint density at radius 1 is 1.44 bits per heavy atom. The van der Waals surface area contributed by atoms with Gasteiger partial charge >= 0.3 is 0 Å². The minimum atomic E-state index is -1.38. The maximum atomic E-state index is 14.2. The van der Waals surface area contributed by atoms with E-state index in [4.69, 9.17) is 5.73 Å². The molecule has 3 heteroatoms. The Balaban J connectivity index is 2.40. The van der Waals surface area contributed by atoms with Gasteiger partial charge in [-0.1, -0.05) is 12.1 Å². The first kappa shape index (κ1) is 11.4. The lowest BCUT2D eigenvalue weighted by Gasteiger charge is -2.32. The zero-order chi connectivity index (χ0) is 12.0. The van der Waals surface area contributed by atoms with E-state index in [1.54, 1.807) is 32.0 Å². The number of rotatable bonds is 3. The van der Waals surface area contributed by atoms with Crippen LogP contribution in [0.25, 0.3) is 0 Å². The summed E-state index contributed by atoms with van der Waals surface area (Å²) in [7, 11) is 0. The summed E-state index contributed by atoms with van der Waals surface area (Å²) in [6.07, 6.45) is 1.70. The second kappa shape index (κ2) is 3.45. The molecule has 88 valence electrons. The quantitative estimate of drug-likeness (QED) is 0.827. The molecule has 0 spiro atoms. The van der Waals surface area contributed by atoms with Crippen LogP contribution in [0.5, 0.6) is 5.75 Å². The Kier molecular flexibility index (Phi) is 2.46. The Bertz CT molecular complexity index is 388. The third-order valence-electron chi connectivity index (χ3n) is 3.29. The van der Waals surface area contributed by atoms with Crippen LogP contribution < -0.4 is 5.73 Å². The molecule has 0 amide bonds. The fourth-order valence-corrected chi connectivity index (χ4v) is 2.55. The lowest BCUT2D eigenvalue weighted by molar-refractivity contribution is 0.147. The number of phenolic OH excluding ortho intramolecular Hbond substituents is 1. The van der Waals surface area contributed by atoms with Crippen LogP contribution in [0.3, 0.4) is 0 Å². The SMILES string of the molecule is CC(C)(F)C(c1cccc(O)c1)C1(N)CC1. The zero-order valence-electron chi connectivity index (χ0n) is 9.70. The molecule has 1 saturated carbocycles. The van der Waals surface area contributed by atoms with Crippen LogP contribution in [0.15, 0.2) is 24.3 Å². The first-order chi connectivity index (χ1) is 7.33. The van der Waals surface area contributed by atoms with Gasteiger partial charge in [0.1, 0.15) is 11.4 Å². The molecule has 0 bridgehead atoms. The van der Waals surface area contributed by atoms with Gasteiger partial charge in [-0.2, -0.15) is 0 Å². The zero-order valence-corrected chi connectivity index (χ0v) is 9.70. The molecule has 0 aromatic heterocycles. The van der Waals surface area contributed by atoms with Crippen molar-refractivity contribution in [2.75, 3.05) is 0 Å². The van der Waals surface area contributed by atoms with Crippen molar-refractivity contribution in [3.05, 3.63) is 29.8 Å². The number of hydrogen-bond donors (Lipinski definition) is 2. The fourth-order valence-electron chi connectivity index (χ4n) is 2.55. The average molecular weight is 223 g/mol. The van der Waals surface area contributed by atoms with Gasteiger partial charge in [-0.25, -0.2) is 4.39 Å². The highest BCUT2D eigenvalue weighted by Crippen LogP contribution is 2.51. The van der Waals surface area contributed by atoms with E-state index in [0.29, 0.717) is 0 Å². The maximum Gasteiger partial charge on any atom is 0.115 e. The highest BCUT2D eigenvalue weighted by molar-refractivity contribution is 5.35. The molecule has 0 heterocycles. The van der Waals surface area contributed by atoms with E-state index >= 15 is 0 Å². The van der Waals surface area contributed by atoms with Gasteiger partial charge in [-0.05, 0) is 44.4 Å². The van der Waals surface area contributed by atoms with Crippen LogP contribution >= 0.6 is 0 Å². The molecule has 0 radical (unpaired) electrons. The minimum absolute atomic E-state index is 0.163. The second-order valence-corrected chi connectivity index (χ2v) is 5.33. The summed E-state index contributed by atoms with van der Waals surface area (Å²) in [4.78, 5) is 0. The van der Waals surface area contributed by atoms with E-state index in [9.17, 15) is 9.50 Å². The van der Waals surface area contributed by atoms with Crippen LogP contribution in [0.1, 0.15) is 38.2 Å². The average Bonchev–Trinajstić information content (AvgIpc) is 2.81. The van der Waals surface area contributed by atoms with E-state index in [1.165, 1.54) is 0 Å². The summed E-state index contributed by atoms with van der Waals surface area (Å²) in [5.74, 6) is -0.192. The van der Waals surface area contributed by atoms with Gasteiger partial charge in [0, 0.05) is 11.5 Å². The van der Waals surface area contributed by atoms with Crippen molar-refractivity contribution in [3.63, 3.8) is 0 Å². The molecular weight excluding hydrogens is 205 g/mol. The molecule has 1 atom stereocenters. The molecule has 0 saturated heterocycles. The van der Waals surface area contributed by atoms with Crippen LogP contribution in [0.4, 0.5) is 4.39 Å². The molecule has 3 N–H and O–H groups in total. The van der Waals surface area contributed by atoms with E-state index in [1.807, 2.05) is 6.07 Å². The Morgan fingerprint density at radius 2 is 2.06 bits per heavy atom. The first-order valence-corrected chi connectivity index (χ1v) is 5.60. The molecule has 2 nitrogen and oxygen atoms in total. The molecular formula is C13H18FNO. The number of phenols is 1. The van der Waals surface area contributed by atoms with Crippen LogP contribution in [-0.2, 0) is 0 Å². The standard InChI is InChI=1S/C13H18FNO/c1-12(2,14)11(13(15)6-7-13)9-4-3-5-10(16)8-9/h3-5,8,11,16H,6-7,15H2,1-2H3. The van der Waals surface area contributed by atoms with Gasteiger partial charge in [0.2, 0.25) is 0 Å². The van der Waals surface area contributed by atoms with E-state index < -0.39 is 11.2 Å². The topological polar surface area (TPSA) is 46.2 Å². The van der Waals surface area contributed by atoms with Gasteiger partial charge in [0.15, 0.2) is 0 Å². The molecule has 16 heavy (non-hydrogen) atoms. The van der Waals surface area contributed by atoms with Gasteiger partial charge in [0.25, 0.3) is 0 Å². The van der Waals surface area contributed by atoms with Crippen LogP contribution in [0, 0.1) is 0 Å². The number of benzene rings is 1. The molecule has 1 unspecified atom stereocenters. The van der Waals surface area contributed by atoms with Crippen molar-refractivity contribution in [3.8, 4) is 5.75 Å². The Labute approximate surface area is 95.3 Å². The van der Waals surface area contributed by atoms with Gasteiger partial charge in [-0.15, -0.1) is 0 Å². The minimum Gasteiger partial charge on any atom is -0.508 e. The maximum absolute atomic E-state index is 14.2. The summed E-state index contributed by atoms with van der Waals surface area (Å²) in [5.41, 5.74) is 5.11. The largest absolute Gasteiger partial charge is 0.508 e. The first-order valence-electron chi connectivity index (χ1n) is 5.60. The summed E-state index contributed by atoms with van der Waals surface area (Å²) in [6, 6.07) is 6.76. The van der Waals surface area contributed by atoms with Crippen LogP contribution in [0.2, 0.25) is 0 Å². The second-order valence-electron chi connectivity index (χ2n) is 5.33. The Morgan fingerprint density at radius 3 is 2.50 bits per heavy atom. The molecule has 1 aliphatic carbocycles. The number of nitrogens with two attached hydrogens (primary N) is 1. The van der Waals surface area contributed by atoms with Crippen LogP contribution in [-0.4, -0.2) is 16.3 Å². The monoisotopic (exact) mass is 223 g/mol. The third-order valence-corrected chi connectivity index (χ3v) is 3.29. The molecule has 1 fully saturated rings. The Hall–Kier alpha value is -1.09. The number of halogens is 1. The third kappa shape index (κ3) is 2.05. The lowest BCUT2D eigenvalue weighted by atomic mass is 9.79. The van der Waals surface area contributed by atoms with Gasteiger partial charge in [-0.3, -0.25) is 0 Å². The predicted octanol–water partition coefficient (Wildman–Crippen LogP) is 2.72. The van der Waals surface area contributed by atoms with Crippen molar-refractivity contribution < 1.29 is 9.50 Å². The predicted molar refractivity (Wildman–Crippen MR) is 62.2 cm³/mol. The summed E-state index contributed by atoms with van der Waals surface area (Å²) < 4.78 is 14.2. The summed E-state index contributed by atoms with van der Waals surface area (Å²) >= 11 is 0. The molecule has 0 aliphatic heterocycles. The van der Waals surface area contributed by atoms with Crippen molar-refractivity contribution >= 4 is 0 Å². The van der Waals surface area contributed by atoms with Gasteiger partial charge < -0.3 is 10.8 Å².